The lowest BCUT2D eigenvalue weighted by atomic mass is 10.1. The number of rotatable bonds is 8. The van der Waals surface area contributed by atoms with E-state index in [0.717, 1.165) is 39.7 Å². The summed E-state index contributed by atoms with van der Waals surface area (Å²) in [7, 11) is 3.64. The van der Waals surface area contributed by atoms with Gasteiger partial charge < -0.3 is 14.8 Å². The van der Waals surface area contributed by atoms with Crippen molar-refractivity contribution < 1.29 is 9.47 Å². The highest BCUT2D eigenvalue weighted by Gasteiger charge is 2.21. The van der Waals surface area contributed by atoms with Gasteiger partial charge in [0, 0.05) is 67.2 Å². The van der Waals surface area contributed by atoms with Gasteiger partial charge in [-0.1, -0.05) is 24.8 Å². The van der Waals surface area contributed by atoms with Gasteiger partial charge in [-0.25, -0.2) is 15.0 Å². The first kappa shape index (κ1) is 22.4. The molecule has 3 heterocycles. The zero-order chi connectivity index (χ0) is 23.4. The van der Waals surface area contributed by atoms with Gasteiger partial charge in [0.05, 0.1) is 7.11 Å². The fourth-order valence-corrected chi connectivity index (χ4v) is 3.58. The molecule has 7 nitrogen and oxygen atoms in total. The van der Waals surface area contributed by atoms with Crippen LogP contribution in [0.1, 0.15) is 23.6 Å². The minimum Gasteiger partial charge on any atom is -0.481 e. The molecule has 0 saturated carbocycles. The highest BCUT2D eigenvalue weighted by atomic mass is 16.5. The minimum atomic E-state index is 0.322. The predicted octanol–water partition coefficient (Wildman–Crippen LogP) is 4.92. The molecule has 0 spiro atoms. The van der Waals surface area contributed by atoms with Crippen molar-refractivity contribution in [3.8, 4) is 17.4 Å². The summed E-state index contributed by atoms with van der Waals surface area (Å²) in [6, 6.07) is 13.9. The van der Waals surface area contributed by atoms with Crippen LogP contribution in [0.3, 0.4) is 0 Å². The van der Waals surface area contributed by atoms with Crippen molar-refractivity contribution in [2.24, 2.45) is 0 Å². The van der Waals surface area contributed by atoms with E-state index in [4.69, 9.17) is 9.47 Å². The van der Waals surface area contributed by atoms with E-state index in [1.807, 2.05) is 67.6 Å². The number of likely N-dealkylation sites (N-methyl/N-ethyl adjacent to an activating group) is 1. The van der Waals surface area contributed by atoms with E-state index in [1.165, 1.54) is 0 Å². The molecule has 1 unspecified atom stereocenters. The van der Waals surface area contributed by atoms with Crippen molar-refractivity contribution in [3.63, 3.8) is 0 Å². The Morgan fingerprint density at radius 2 is 2.03 bits per heavy atom. The molecule has 3 aromatic rings. The molecule has 1 aliphatic rings. The smallest absolute Gasteiger partial charge is 0.212 e. The van der Waals surface area contributed by atoms with Crippen LogP contribution in [0.4, 0.5) is 5.82 Å². The van der Waals surface area contributed by atoms with E-state index in [9.17, 15) is 0 Å². The second-order valence-electron chi connectivity index (χ2n) is 7.92. The van der Waals surface area contributed by atoms with Crippen molar-refractivity contribution in [2.75, 3.05) is 19.2 Å². The van der Waals surface area contributed by atoms with Crippen molar-refractivity contribution in [1.82, 2.24) is 20.3 Å². The SMILES string of the molecule is C=C(NCc1ccc(OC)nc1)c1cccc(Oc2ccnc(N3C=CC(C)N3C)c2)c1C. The van der Waals surface area contributed by atoms with E-state index < -0.39 is 0 Å². The number of benzene rings is 1. The number of nitrogens with one attached hydrogen (secondary N) is 1. The molecule has 0 amide bonds. The van der Waals surface area contributed by atoms with Crippen LogP contribution in [0.15, 0.2) is 73.7 Å². The number of nitrogens with zero attached hydrogens (tertiary/aromatic N) is 4. The first-order valence-corrected chi connectivity index (χ1v) is 10.8. The molecule has 33 heavy (non-hydrogen) atoms. The zero-order valence-electron chi connectivity index (χ0n) is 19.4. The zero-order valence-corrected chi connectivity index (χ0v) is 19.4. The summed E-state index contributed by atoms with van der Waals surface area (Å²) in [6.07, 6.45) is 7.71. The Balaban J connectivity index is 1.46. The van der Waals surface area contributed by atoms with E-state index in [-0.39, 0.29) is 0 Å². The summed E-state index contributed by atoms with van der Waals surface area (Å²) in [4.78, 5) is 8.74. The fourth-order valence-electron chi connectivity index (χ4n) is 3.58. The molecule has 2 aromatic heterocycles. The van der Waals surface area contributed by atoms with Gasteiger partial charge >= 0.3 is 0 Å². The largest absolute Gasteiger partial charge is 0.481 e. The molecule has 1 aromatic carbocycles. The summed E-state index contributed by atoms with van der Waals surface area (Å²) >= 11 is 0. The number of ether oxygens (including phenoxy) is 2. The van der Waals surface area contributed by atoms with Gasteiger partial charge in [-0.15, -0.1) is 0 Å². The number of hydrogen-bond acceptors (Lipinski definition) is 7. The topological polar surface area (TPSA) is 62.8 Å². The Labute approximate surface area is 195 Å². The van der Waals surface area contributed by atoms with Gasteiger partial charge in [-0.3, -0.25) is 5.01 Å². The third kappa shape index (κ3) is 4.99. The van der Waals surface area contributed by atoms with Gasteiger partial charge in [0.25, 0.3) is 0 Å². The van der Waals surface area contributed by atoms with Crippen LogP contribution in [0.25, 0.3) is 5.70 Å². The lowest BCUT2D eigenvalue weighted by Crippen LogP contribution is -2.36. The number of pyridine rings is 2. The quantitative estimate of drug-likeness (QED) is 0.530. The van der Waals surface area contributed by atoms with Gasteiger partial charge in [0.15, 0.2) is 5.82 Å². The van der Waals surface area contributed by atoms with Gasteiger partial charge in [-0.05, 0) is 37.6 Å². The molecule has 1 atom stereocenters. The van der Waals surface area contributed by atoms with Crippen LogP contribution in [-0.2, 0) is 6.54 Å². The normalized spacial score (nSPS) is 15.5. The number of methoxy groups -OCH3 is 1. The summed E-state index contributed by atoms with van der Waals surface area (Å²) in [5, 5.41) is 7.51. The molecule has 7 heteroatoms. The Bertz CT molecular complexity index is 1160. The number of hydrazine groups is 1. The third-order valence-corrected chi connectivity index (χ3v) is 5.74. The number of hydrogen-bond donors (Lipinski definition) is 1. The average Bonchev–Trinajstić information content (AvgIpc) is 3.17. The van der Waals surface area contributed by atoms with Gasteiger partial charge in [-0.2, -0.15) is 0 Å². The fraction of sp³-hybridized carbons (Fsp3) is 0.231. The molecule has 0 aliphatic carbocycles. The molecule has 4 rings (SSSR count). The van der Waals surface area contributed by atoms with Crippen LogP contribution in [-0.4, -0.2) is 35.2 Å². The maximum absolute atomic E-state index is 6.25. The predicted molar refractivity (Wildman–Crippen MR) is 131 cm³/mol. The maximum Gasteiger partial charge on any atom is 0.212 e. The van der Waals surface area contributed by atoms with Crippen molar-refractivity contribution in [2.45, 2.75) is 26.4 Å². The lowest BCUT2D eigenvalue weighted by Gasteiger charge is -2.27. The minimum absolute atomic E-state index is 0.322. The van der Waals surface area contributed by atoms with Crippen LogP contribution >= 0.6 is 0 Å². The lowest BCUT2D eigenvalue weighted by molar-refractivity contribution is 0.319. The van der Waals surface area contributed by atoms with Crippen molar-refractivity contribution in [3.05, 3.63) is 90.4 Å². The summed E-state index contributed by atoms with van der Waals surface area (Å²) in [5.74, 6) is 2.91. The van der Waals surface area contributed by atoms with Crippen LogP contribution in [0, 0.1) is 6.92 Å². The molecule has 1 N–H and O–H groups in total. The first-order valence-electron chi connectivity index (χ1n) is 10.8. The van der Waals surface area contributed by atoms with Crippen molar-refractivity contribution in [1.29, 1.82) is 0 Å². The Morgan fingerprint density at radius 1 is 1.18 bits per heavy atom. The van der Waals surface area contributed by atoms with E-state index in [1.54, 1.807) is 19.5 Å². The highest BCUT2D eigenvalue weighted by molar-refractivity contribution is 5.67. The first-order chi connectivity index (χ1) is 16.0. The highest BCUT2D eigenvalue weighted by Crippen LogP contribution is 2.31. The molecule has 0 saturated heterocycles. The molecule has 0 radical (unpaired) electrons. The number of anilines is 1. The van der Waals surface area contributed by atoms with Crippen LogP contribution in [0.5, 0.6) is 17.4 Å². The van der Waals surface area contributed by atoms with E-state index in [0.29, 0.717) is 18.5 Å². The second kappa shape index (κ2) is 9.75. The molecular weight excluding hydrogens is 414 g/mol. The summed E-state index contributed by atoms with van der Waals surface area (Å²) < 4.78 is 11.4. The van der Waals surface area contributed by atoms with Crippen molar-refractivity contribution >= 4 is 11.5 Å². The second-order valence-corrected chi connectivity index (χ2v) is 7.92. The molecule has 0 fully saturated rings. The molecule has 1 aliphatic heterocycles. The van der Waals surface area contributed by atoms with E-state index >= 15 is 0 Å². The molecular formula is C26H29N5O2. The average molecular weight is 444 g/mol. The van der Waals surface area contributed by atoms with Gasteiger partial charge in [0.2, 0.25) is 5.88 Å². The Morgan fingerprint density at radius 3 is 2.73 bits per heavy atom. The monoisotopic (exact) mass is 443 g/mol. The Kier molecular flexibility index (Phi) is 6.60. The molecule has 0 bridgehead atoms. The maximum atomic E-state index is 6.25. The standard InChI is InChI=1S/C26H29N5O2/c1-18-12-14-31(30(18)4)25-15-22(11-13-27-25)33-24-8-6-7-23(19(24)2)20(3)28-16-21-9-10-26(32-5)29-17-21/h6-15,17-18,28H,3,16H2,1-2,4-5H3. The Hall–Kier alpha value is -3.84. The summed E-state index contributed by atoms with van der Waals surface area (Å²) in [5.41, 5.74) is 3.87. The van der Waals surface area contributed by atoms with E-state index in [2.05, 4.69) is 39.9 Å². The third-order valence-electron chi connectivity index (χ3n) is 5.74. The number of aromatic nitrogens is 2. The van der Waals surface area contributed by atoms with Crippen LogP contribution in [0.2, 0.25) is 0 Å². The van der Waals surface area contributed by atoms with Gasteiger partial charge in [0.1, 0.15) is 11.5 Å². The summed E-state index contributed by atoms with van der Waals surface area (Å²) in [6.45, 7) is 9.01. The van der Waals surface area contributed by atoms with Crippen LogP contribution < -0.4 is 19.8 Å². The molecule has 170 valence electrons.